The second-order valence-electron chi connectivity index (χ2n) is 6.59. The van der Waals surface area contributed by atoms with Crippen molar-refractivity contribution >= 4 is 17.3 Å². The third-order valence-electron chi connectivity index (χ3n) is 4.12. The van der Waals surface area contributed by atoms with Crippen LogP contribution in [0, 0.1) is 13.8 Å². The molecule has 0 saturated carbocycles. The second kappa shape index (κ2) is 8.29. The van der Waals surface area contributed by atoms with Gasteiger partial charge >= 0.3 is 0 Å². The Kier molecular flexibility index (Phi) is 6.37. The van der Waals surface area contributed by atoms with Gasteiger partial charge in [0, 0.05) is 36.9 Å². The van der Waals surface area contributed by atoms with Gasteiger partial charge in [0.25, 0.3) is 0 Å². The van der Waals surface area contributed by atoms with Gasteiger partial charge in [-0.25, -0.2) is 4.98 Å². The first kappa shape index (κ1) is 18.5. The highest BCUT2D eigenvalue weighted by atomic mass is 32.1. The summed E-state index contributed by atoms with van der Waals surface area (Å²) in [5.74, 6) is 0.845. The van der Waals surface area contributed by atoms with Crippen LogP contribution in [0.3, 0.4) is 0 Å². The fourth-order valence-corrected chi connectivity index (χ4v) is 3.55. The Morgan fingerprint density at radius 1 is 1.17 bits per heavy atom. The van der Waals surface area contributed by atoms with E-state index in [9.17, 15) is 0 Å². The molecule has 0 fully saturated rings. The van der Waals surface area contributed by atoms with Crippen LogP contribution in [0.4, 0.5) is 0 Å². The van der Waals surface area contributed by atoms with Gasteiger partial charge < -0.3 is 10.6 Å². The number of rotatable bonds is 6. The Bertz CT molecular complexity index is 674. The molecule has 2 rings (SSSR count). The monoisotopic (exact) mass is 344 g/mol. The van der Waals surface area contributed by atoms with Gasteiger partial charge in [0.05, 0.1) is 10.7 Å². The van der Waals surface area contributed by atoms with Gasteiger partial charge in [-0.1, -0.05) is 44.2 Å². The number of hydrogen-bond donors (Lipinski definition) is 2. The zero-order chi connectivity index (χ0) is 17.6. The number of hydrogen-bond acceptors (Lipinski definition) is 3. The maximum Gasteiger partial charge on any atom is 0.191 e. The zero-order valence-electron chi connectivity index (χ0n) is 15.3. The van der Waals surface area contributed by atoms with Gasteiger partial charge in [-0.05, 0) is 19.4 Å². The van der Waals surface area contributed by atoms with Crippen LogP contribution in [0.1, 0.15) is 35.0 Å². The van der Waals surface area contributed by atoms with Crippen LogP contribution in [0.2, 0.25) is 0 Å². The van der Waals surface area contributed by atoms with Gasteiger partial charge in [0.15, 0.2) is 5.96 Å². The van der Waals surface area contributed by atoms with Crippen molar-refractivity contribution in [3.63, 3.8) is 0 Å². The molecule has 0 spiro atoms. The molecule has 1 aromatic heterocycles. The summed E-state index contributed by atoms with van der Waals surface area (Å²) in [6, 6.07) is 10.6. The van der Waals surface area contributed by atoms with E-state index in [4.69, 9.17) is 0 Å². The molecule has 4 nitrogen and oxygen atoms in total. The van der Waals surface area contributed by atoms with Crippen molar-refractivity contribution in [1.82, 2.24) is 15.6 Å². The lowest BCUT2D eigenvalue weighted by Crippen LogP contribution is -2.44. The molecule has 0 aliphatic rings. The van der Waals surface area contributed by atoms with Crippen molar-refractivity contribution in [2.75, 3.05) is 20.1 Å². The van der Waals surface area contributed by atoms with Crippen LogP contribution < -0.4 is 10.6 Å². The highest BCUT2D eigenvalue weighted by Gasteiger charge is 2.20. The van der Waals surface area contributed by atoms with Crippen molar-refractivity contribution in [3.05, 3.63) is 51.5 Å². The van der Waals surface area contributed by atoms with Gasteiger partial charge in [-0.2, -0.15) is 0 Å². The summed E-state index contributed by atoms with van der Waals surface area (Å²) < 4.78 is 0. The van der Waals surface area contributed by atoms with Gasteiger partial charge in [-0.15, -0.1) is 11.3 Å². The van der Waals surface area contributed by atoms with Gasteiger partial charge in [0.1, 0.15) is 0 Å². The summed E-state index contributed by atoms with van der Waals surface area (Å²) in [7, 11) is 1.81. The predicted molar refractivity (Wildman–Crippen MR) is 104 cm³/mol. The topological polar surface area (TPSA) is 49.3 Å². The molecule has 1 aromatic carbocycles. The molecule has 24 heavy (non-hydrogen) atoms. The number of aliphatic imine (C=N–C) groups is 1. The molecule has 0 bridgehead atoms. The third kappa shape index (κ3) is 5.06. The van der Waals surface area contributed by atoms with E-state index in [0.717, 1.165) is 36.2 Å². The van der Waals surface area contributed by atoms with E-state index in [-0.39, 0.29) is 5.41 Å². The number of guanidine groups is 1. The quantitative estimate of drug-likeness (QED) is 0.623. The summed E-state index contributed by atoms with van der Waals surface area (Å²) in [5, 5.41) is 7.97. The SMILES string of the molecule is CN=C(NCCc1sc(C)nc1C)NCC(C)(C)c1ccccc1. The molecular formula is C19H28N4S. The molecule has 130 valence electrons. The van der Waals surface area contributed by atoms with Crippen molar-refractivity contribution in [1.29, 1.82) is 0 Å². The zero-order valence-corrected chi connectivity index (χ0v) is 16.1. The minimum absolute atomic E-state index is 0.0459. The van der Waals surface area contributed by atoms with Crippen molar-refractivity contribution in [2.45, 2.75) is 39.5 Å². The summed E-state index contributed by atoms with van der Waals surface area (Å²) in [6.45, 7) is 10.3. The first-order chi connectivity index (χ1) is 11.4. The molecule has 5 heteroatoms. The lowest BCUT2D eigenvalue weighted by atomic mass is 9.85. The van der Waals surface area contributed by atoms with Crippen molar-refractivity contribution in [3.8, 4) is 0 Å². The smallest absolute Gasteiger partial charge is 0.191 e. The number of nitrogens with zero attached hydrogens (tertiary/aromatic N) is 2. The second-order valence-corrected chi connectivity index (χ2v) is 7.88. The molecule has 0 unspecified atom stereocenters. The van der Waals surface area contributed by atoms with E-state index in [1.165, 1.54) is 10.4 Å². The summed E-state index contributed by atoms with van der Waals surface area (Å²) in [4.78, 5) is 10.1. The average molecular weight is 345 g/mol. The predicted octanol–water partition coefficient (Wildman–Crippen LogP) is 3.45. The van der Waals surface area contributed by atoms with E-state index in [2.05, 4.69) is 78.6 Å². The van der Waals surface area contributed by atoms with Crippen LogP contribution in [-0.4, -0.2) is 31.1 Å². The normalized spacial score (nSPS) is 12.3. The van der Waals surface area contributed by atoms with E-state index in [1.807, 2.05) is 7.05 Å². The first-order valence-corrected chi connectivity index (χ1v) is 9.17. The Morgan fingerprint density at radius 3 is 2.46 bits per heavy atom. The molecule has 0 amide bonds. The van der Waals surface area contributed by atoms with E-state index < -0.39 is 0 Å². The summed E-state index contributed by atoms with van der Waals surface area (Å²) in [6.07, 6.45) is 0.972. The summed E-state index contributed by atoms with van der Waals surface area (Å²) >= 11 is 1.78. The molecule has 0 aliphatic heterocycles. The van der Waals surface area contributed by atoms with E-state index in [0.29, 0.717) is 0 Å². The minimum Gasteiger partial charge on any atom is -0.356 e. The molecule has 2 N–H and O–H groups in total. The molecule has 2 aromatic rings. The Labute approximate surface area is 149 Å². The maximum atomic E-state index is 4.48. The molecule has 0 saturated heterocycles. The molecule has 0 aliphatic carbocycles. The standard InChI is InChI=1S/C19H28N4S/c1-14-17(24-15(2)23-14)11-12-21-18(20-5)22-13-19(3,4)16-9-7-6-8-10-16/h6-10H,11-13H2,1-5H3,(H2,20,21,22). The number of thiazole rings is 1. The average Bonchev–Trinajstić information content (AvgIpc) is 2.89. The van der Waals surface area contributed by atoms with E-state index in [1.54, 1.807) is 11.3 Å². The fourth-order valence-electron chi connectivity index (χ4n) is 2.62. The lowest BCUT2D eigenvalue weighted by Gasteiger charge is -2.26. The maximum absolute atomic E-state index is 4.48. The van der Waals surface area contributed by atoms with E-state index >= 15 is 0 Å². The van der Waals surface area contributed by atoms with Crippen LogP contribution in [0.25, 0.3) is 0 Å². The fraction of sp³-hybridized carbons (Fsp3) is 0.474. The Balaban J connectivity index is 1.83. The molecule has 0 radical (unpaired) electrons. The third-order valence-corrected chi connectivity index (χ3v) is 5.25. The highest BCUT2D eigenvalue weighted by molar-refractivity contribution is 7.11. The van der Waals surface area contributed by atoms with Crippen molar-refractivity contribution < 1.29 is 0 Å². The van der Waals surface area contributed by atoms with Gasteiger partial charge in [0.2, 0.25) is 0 Å². The van der Waals surface area contributed by atoms with Crippen LogP contribution in [0.15, 0.2) is 35.3 Å². The molecule has 0 atom stereocenters. The number of aromatic nitrogens is 1. The lowest BCUT2D eigenvalue weighted by molar-refractivity contribution is 0.509. The molecule has 1 heterocycles. The number of nitrogens with one attached hydrogen (secondary N) is 2. The number of aryl methyl sites for hydroxylation is 2. The van der Waals surface area contributed by atoms with Crippen LogP contribution in [0.5, 0.6) is 0 Å². The first-order valence-electron chi connectivity index (χ1n) is 8.35. The highest BCUT2D eigenvalue weighted by Crippen LogP contribution is 2.21. The van der Waals surface area contributed by atoms with Crippen molar-refractivity contribution in [2.24, 2.45) is 4.99 Å². The molecular weight excluding hydrogens is 316 g/mol. The Hall–Kier alpha value is -1.88. The number of benzene rings is 1. The largest absolute Gasteiger partial charge is 0.356 e. The van der Waals surface area contributed by atoms with Gasteiger partial charge in [-0.3, -0.25) is 4.99 Å². The van der Waals surface area contributed by atoms with Crippen LogP contribution in [-0.2, 0) is 11.8 Å². The summed E-state index contributed by atoms with van der Waals surface area (Å²) in [5.41, 5.74) is 2.51. The van der Waals surface area contributed by atoms with Crippen LogP contribution >= 0.6 is 11.3 Å². The minimum atomic E-state index is 0.0459. The Morgan fingerprint density at radius 2 is 1.88 bits per heavy atom.